The zero-order valence-corrected chi connectivity index (χ0v) is 12.4. The molecule has 0 aliphatic heterocycles. The second kappa shape index (κ2) is 5.95. The fourth-order valence-corrected chi connectivity index (χ4v) is 4.82. The molecular formula is C15H20O4S. The van der Waals surface area contributed by atoms with E-state index in [2.05, 4.69) is 0 Å². The molecule has 0 atom stereocenters. The third-order valence-electron chi connectivity index (χ3n) is 3.95. The van der Waals surface area contributed by atoms with Gasteiger partial charge in [-0.25, -0.2) is 13.2 Å². The summed E-state index contributed by atoms with van der Waals surface area (Å²) in [5.74, 6) is -0.752. The van der Waals surface area contributed by atoms with Gasteiger partial charge >= 0.3 is 5.97 Å². The Morgan fingerprint density at radius 3 is 2.50 bits per heavy atom. The molecule has 1 aliphatic rings. The van der Waals surface area contributed by atoms with Gasteiger partial charge in [0.25, 0.3) is 0 Å². The van der Waals surface area contributed by atoms with Crippen molar-refractivity contribution in [3.63, 3.8) is 0 Å². The number of sulfone groups is 1. The number of aryl methyl sites for hydroxylation is 1. The number of carboxylic acids is 1. The van der Waals surface area contributed by atoms with Crippen LogP contribution in [0.4, 0.5) is 0 Å². The van der Waals surface area contributed by atoms with Crippen molar-refractivity contribution in [1.29, 1.82) is 0 Å². The minimum atomic E-state index is -3.41. The van der Waals surface area contributed by atoms with Gasteiger partial charge in [-0.2, -0.15) is 0 Å². The summed E-state index contributed by atoms with van der Waals surface area (Å²) in [4.78, 5) is 11.2. The average molecular weight is 296 g/mol. The van der Waals surface area contributed by atoms with Gasteiger partial charge in [-0.3, -0.25) is 0 Å². The Hall–Kier alpha value is -1.36. The van der Waals surface area contributed by atoms with Crippen LogP contribution in [0.3, 0.4) is 0 Å². The molecule has 1 aromatic rings. The highest BCUT2D eigenvalue weighted by atomic mass is 32.2. The molecule has 1 N–H and O–H groups in total. The van der Waals surface area contributed by atoms with Crippen molar-refractivity contribution in [2.45, 2.75) is 43.9 Å². The summed E-state index contributed by atoms with van der Waals surface area (Å²) < 4.78 is 25.0. The van der Waals surface area contributed by atoms with Crippen LogP contribution in [-0.4, -0.2) is 25.2 Å². The van der Waals surface area contributed by atoms with Crippen LogP contribution in [-0.2, 0) is 9.84 Å². The van der Waals surface area contributed by atoms with E-state index in [0.717, 1.165) is 25.7 Å². The van der Waals surface area contributed by atoms with E-state index >= 15 is 0 Å². The van der Waals surface area contributed by atoms with Crippen LogP contribution >= 0.6 is 0 Å². The molecule has 0 amide bonds. The Morgan fingerprint density at radius 2 is 1.90 bits per heavy atom. The minimum absolute atomic E-state index is 0.0258. The van der Waals surface area contributed by atoms with Crippen molar-refractivity contribution in [2.24, 2.45) is 5.92 Å². The predicted molar refractivity (Wildman–Crippen MR) is 76.8 cm³/mol. The molecule has 110 valence electrons. The highest BCUT2D eigenvalue weighted by Crippen LogP contribution is 2.28. The Balaban J connectivity index is 2.28. The maximum absolute atomic E-state index is 12.5. The van der Waals surface area contributed by atoms with Crippen LogP contribution in [0.2, 0.25) is 0 Å². The third kappa shape index (κ3) is 3.39. The van der Waals surface area contributed by atoms with Crippen LogP contribution in [0.25, 0.3) is 0 Å². The first kappa shape index (κ1) is 15.0. The molecular weight excluding hydrogens is 276 g/mol. The van der Waals surface area contributed by atoms with Gasteiger partial charge in [0.1, 0.15) is 0 Å². The highest BCUT2D eigenvalue weighted by molar-refractivity contribution is 7.91. The summed E-state index contributed by atoms with van der Waals surface area (Å²) in [6.07, 6.45) is 5.28. The summed E-state index contributed by atoms with van der Waals surface area (Å²) in [6, 6.07) is 4.30. The van der Waals surface area contributed by atoms with Crippen LogP contribution in [0, 0.1) is 12.8 Å². The first-order valence-corrected chi connectivity index (χ1v) is 8.62. The molecule has 20 heavy (non-hydrogen) atoms. The molecule has 0 bridgehead atoms. The quantitative estimate of drug-likeness (QED) is 0.927. The zero-order chi connectivity index (χ0) is 14.8. The standard InChI is InChI=1S/C15H20O4S/c1-11-7-8-13(15(16)17)9-14(11)20(18,19)10-12-5-3-2-4-6-12/h7-9,12H,2-6,10H2,1H3,(H,16,17). The van der Waals surface area contributed by atoms with E-state index < -0.39 is 15.8 Å². The van der Waals surface area contributed by atoms with Crippen LogP contribution in [0.1, 0.15) is 48.0 Å². The minimum Gasteiger partial charge on any atom is -0.478 e. The SMILES string of the molecule is Cc1ccc(C(=O)O)cc1S(=O)(=O)CC1CCCCC1. The second-order valence-electron chi connectivity index (χ2n) is 5.57. The van der Waals surface area contributed by atoms with Crippen LogP contribution < -0.4 is 0 Å². The number of benzene rings is 1. The van der Waals surface area contributed by atoms with Crippen molar-refractivity contribution in [2.75, 3.05) is 5.75 Å². The molecule has 1 fully saturated rings. The molecule has 0 radical (unpaired) electrons. The maximum Gasteiger partial charge on any atom is 0.335 e. The lowest BCUT2D eigenvalue weighted by molar-refractivity contribution is 0.0696. The Morgan fingerprint density at radius 1 is 1.25 bits per heavy atom. The van der Waals surface area contributed by atoms with Gasteiger partial charge in [0.15, 0.2) is 9.84 Å². The lowest BCUT2D eigenvalue weighted by Crippen LogP contribution is -2.20. The zero-order valence-electron chi connectivity index (χ0n) is 11.6. The van der Waals surface area contributed by atoms with E-state index in [9.17, 15) is 13.2 Å². The van der Waals surface area contributed by atoms with E-state index in [1.807, 2.05) is 0 Å². The topological polar surface area (TPSA) is 71.4 Å². The predicted octanol–water partition coefficient (Wildman–Crippen LogP) is 3.05. The van der Waals surface area contributed by atoms with Gasteiger partial charge in [0, 0.05) is 0 Å². The molecule has 0 unspecified atom stereocenters. The number of hydrogen-bond acceptors (Lipinski definition) is 3. The Bertz CT molecular complexity index is 598. The molecule has 2 rings (SSSR count). The first-order valence-electron chi connectivity index (χ1n) is 6.97. The molecule has 1 saturated carbocycles. The number of rotatable bonds is 4. The van der Waals surface area contributed by atoms with Gasteiger partial charge in [-0.15, -0.1) is 0 Å². The fraction of sp³-hybridized carbons (Fsp3) is 0.533. The van der Waals surface area contributed by atoms with E-state index in [-0.39, 0.29) is 22.1 Å². The lowest BCUT2D eigenvalue weighted by atomic mass is 9.91. The van der Waals surface area contributed by atoms with Crippen molar-refractivity contribution in [1.82, 2.24) is 0 Å². The Kier molecular flexibility index (Phi) is 4.48. The van der Waals surface area contributed by atoms with Gasteiger partial charge in [-0.1, -0.05) is 25.3 Å². The number of aromatic carboxylic acids is 1. The molecule has 4 nitrogen and oxygen atoms in total. The van der Waals surface area contributed by atoms with Crippen LogP contribution in [0.5, 0.6) is 0 Å². The van der Waals surface area contributed by atoms with Crippen molar-refractivity contribution in [3.8, 4) is 0 Å². The number of carbonyl (C=O) groups is 1. The van der Waals surface area contributed by atoms with Gasteiger partial charge in [0.2, 0.25) is 0 Å². The van der Waals surface area contributed by atoms with Gasteiger partial charge < -0.3 is 5.11 Å². The lowest BCUT2D eigenvalue weighted by Gasteiger charge is -2.21. The second-order valence-corrected chi connectivity index (χ2v) is 7.57. The molecule has 1 aromatic carbocycles. The fourth-order valence-electron chi connectivity index (χ4n) is 2.82. The van der Waals surface area contributed by atoms with Gasteiger partial charge in [-0.05, 0) is 43.4 Å². The summed E-state index contributed by atoms with van der Waals surface area (Å²) >= 11 is 0. The van der Waals surface area contributed by atoms with Crippen molar-refractivity contribution in [3.05, 3.63) is 29.3 Å². The van der Waals surface area contributed by atoms with E-state index in [0.29, 0.717) is 5.56 Å². The normalized spacial score (nSPS) is 17.1. The number of carboxylic acid groups (broad SMARTS) is 1. The third-order valence-corrected chi connectivity index (χ3v) is 5.97. The van der Waals surface area contributed by atoms with Crippen molar-refractivity contribution >= 4 is 15.8 Å². The Labute approximate surface area is 119 Å². The summed E-state index contributed by atoms with van der Waals surface area (Å²) in [5, 5.41) is 8.99. The van der Waals surface area contributed by atoms with E-state index in [1.54, 1.807) is 13.0 Å². The van der Waals surface area contributed by atoms with E-state index in [4.69, 9.17) is 5.11 Å². The largest absolute Gasteiger partial charge is 0.478 e. The van der Waals surface area contributed by atoms with Gasteiger partial charge in [0.05, 0.1) is 16.2 Å². The van der Waals surface area contributed by atoms with E-state index in [1.165, 1.54) is 18.6 Å². The molecule has 1 aliphatic carbocycles. The van der Waals surface area contributed by atoms with Crippen LogP contribution in [0.15, 0.2) is 23.1 Å². The smallest absolute Gasteiger partial charge is 0.335 e. The molecule has 0 heterocycles. The van der Waals surface area contributed by atoms with Crippen molar-refractivity contribution < 1.29 is 18.3 Å². The highest BCUT2D eigenvalue weighted by Gasteiger charge is 2.25. The number of hydrogen-bond donors (Lipinski definition) is 1. The maximum atomic E-state index is 12.5. The molecule has 0 spiro atoms. The summed E-state index contributed by atoms with van der Waals surface area (Å²) in [5.41, 5.74) is 0.642. The summed E-state index contributed by atoms with van der Waals surface area (Å²) in [6.45, 7) is 1.71. The molecule has 0 aromatic heterocycles. The molecule has 0 saturated heterocycles. The molecule has 5 heteroatoms. The first-order chi connectivity index (χ1) is 9.40. The monoisotopic (exact) mass is 296 g/mol. The average Bonchev–Trinajstić information content (AvgIpc) is 2.39. The summed E-state index contributed by atoms with van der Waals surface area (Å²) in [7, 11) is -3.41.